The van der Waals surface area contributed by atoms with E-state index in [9.17, 15) is 30.6 Å². The van der Waals surface area contributed by atoms with Gasteiger partial charge in [-0.05, 0) is 15.4 Å². The molecule has 0 bridgehead atoms. The molecule has 0 amide bonds. The molecule has 0 aliphatic carbocycles. The third kappa shape index (κ3) is 5.70. The Hall–Kier alpha value is -1.26. The van der Waals surface area contributed by atoms with E-state index in [1.807, 2.05) is 60.7 Å². The summed E-state index contributed by atoms with van der Waals surface area (Å²) in [5.74, 6) is -2.19. The van der Waals surface area contributed by atoms with Crippen LogP contribution in [0.1, 0.15) is 20.8 Å². The molecule has 2 aliphatic rings. The molecule has 2 heterocycles. The van der Waals surface area contributed by atoms with Crippen LogP contribution in [0.5, 0.6) is 0 Å². The van der Waals surface area contributed by atoms with Crippen LogP contribution in [0.2, 0.25) is 5.04 Å². The lowest BCUT2D eigenvalue weighted by molar-refractivity contribution is -0.380. The van der Waals surface area contributed by atoms with Crippen LogP contribution < -0.4 is 10.4 Å². The van der Waals surface area contributed by atoms with Crippen LogP contribution in [0.15, 0.2) is 60.7 Å². The van der Waals surface area contributed by atoms with E-state index in [1.54, 1.807) is 0 Å². The van der Waals surface area contributed by atoms with Crippen molar-refractivity contribution >= 4 is 34.6 Å². The minimum atomic E-state index is -3.02. The van der Waals surface area contributed by atoms with Gasteiger partial charge >= 0.3 is 0 Å². The first-order chi connectivity index (χ1) is 18.9. The maximum atomic E-state index is 11.0. The van der Waals surface area contributed by atoms with Gasteiger partial charge in [-0.3, -0.25) is 0 Å². The van der Waals surface area contributed by atoms with Gasteiger partial charge in [-0.15, -0.1) is 0 Å². The highest BCUT2D eigenvalue weighted by Gasteiger charge is 2.59. The average Bonchev–Trinajstić information content (AvgIpc) is 3.19. The molecular formula is C28H39BrO10Si. The van der Waals surface area contributed by atoms with Crippen molar-refractivity contribution in [2.24, 2.45) is 0 Å². The van der Waals surface area contributed by atoms with Crippen molar-refractivity contribution in [2.75, 3.05) is 18.5 Å². The van der Waals surface area contributed by atoms with Gasteiger partial charge in [0.1, 0.15) is 43.2 Å². The van der Waals surface area contributed by atoms with Crippen molar-refractivity contribution in [3.8, 4) is 0 Å². The van der Waals surface area contributed by atoms with Crippen molar-refractivity contribution in [3.63, 3.8) is 0 Å². The van der Waals surface area contributed by atoms with Crippen molar-refractivity contribution in [1.29, 1.82) is 0 Å². The molecule has 2 fully saturated rings. The summed E-state index contributed by atoms with van der Waals surface area (Å²) in [6.07, 6.45) is -11.6. The van der Waals surface area contributed by atoms with Crippen LogP contribution in [-0.2, 0) is 18.6 Å². The minimum absolute atomic E-state index is 0.116. The van der Waals surface area contributed by atoms with Gasteiger partial charge in [-0.1, -0.05) is 97.4 Å². The molecule has 0 saturated carbocycles. The molecule has 9 atom stereocenters. The highest BCUT2D eigenvalue weighted by Crippen LogP contribution is 2.40. The van der Waals surface area contributed by atoms with Gasteiger partial charge in [0.15, 0.2) is 6.29 Å². The summed E-state index contributed by atoms with van der Waals surface area (Å²) in [4.78, 5) is 0. The predicted molar refractivity (Wildman–Crippen MR) is 152 cm³/mol. The third-order valence-corrected chi connectivity index (χ3v) is 13.4. The fraction of sp³-hybridized carbons (Fsp3) is 0.571. The average molecular weight is 644 g/mol. The second-order valence-corrected chi connectivity index (χ2v) is 16.3. The number of rotatable bonds is 9. The van der Waals surface area contributed by atoms with E-state index in [0.717, 1.165) is 10.4 Å². The van der Waals surface area contributed by atoms with Crippen molar-refractivity contribution in [3.05, 3.63) is 60.7 Å². The van der Waals surface area contributed by atoms with Gasteiger partial charge < -0.3 is 49.3 Å². The summed E-state index contributed by atoms with van der Waals surface area (Å²) in [5, 5.41) is 65.0. The highest BCUT2D eigenvalue weighted by atomic mass is 79.9. The lowest BCUT2D eigenvalue weighted by Crippen LogP contribution is -2.67. The van der Waals surface area contributed by atoms with Crippen LogP contribution in [0.4, 0.5) is 0 Å². The maximum Gasteiger partial charge on any atom is 0.261 e. The molecule has 0 aromatic heterocycles. The number of hydrogen-bond donors (Lipinski definition) is 6. The zero-order chi connectivity index (χ0) is 29.3. The summed E-state index contributed by atoms with van der Waals surface area (Å²) in [7, 11) is -3.02. The minimum Gasteiger partial charge on any atom is -0.405 e. The van der Waals surface area contributed by atoms with Crippen LogP contribution in [-0.4, -0.2) is 112 Å². The standard InChI is InChI=1S/C28H39BrO10Si/c1-27(2,3)40(17-10-6-4-7-11-17,18-12-8-5-9-13-18)36-15-20-22(32)25(35)28(16-30,38-20)39-26-24(34)23(33)21(31)19(14-29)37-26/h4-13,19-26,30-35H,14-16H2,1-3H3/t19-,20-,21-,22-,23+,24-,25+,26-,28+/m1/s1. The van der Waals surface area contributed by atoms with Gasteiger partial charge in [0.25, 0.3) is 8.32 Å². The zero-order valence-corrected chi connectivity index (χ0v) is 25.3. The van der Waals surface area contributed by atoms with Crippen molar-refractivity contribution in [2.45, 2.75) is 80.6 Å². The molecule has 2 saturated heterocycles. The number of halogens is 1. The number of benzene rings is 2. The summed E-state index contributed by atoms with van der Waals surface area (Å²) in [6.45, 7) is 5.26. The maximum absolute atomic E-state index is 11.0. The van der Waals surface area contributed by atoms with Crippen LogP contribution in [0, 0.1) is 0 Å². The van der Waals surface area contributed by atoms with Gasteiger partial charge in [-0.2, -0.15) is 0 Å². The van der Waals surface area contributed by atoms with E-state index in [2.05, 4.69) is 36.7 Å². The first-order valence-electron chi connectivity index (χ1n) is 13.2. The molecule has 0 unspecified atom stereocenters. The summed E-state index contributed by atoms with van der Waals surface area (Å²) < 4.78 is 24.1. The molecule has 6 N–H and O–H groups in total. The number of hydrogen-bond acceptors (Lipinski definition) is 10. The van der Waals surface area contributed by atoms with Crippen LogP contribution >= 0.6 is 15.9 Å². The smallest absolute Gasteiger partial charge is 0.261 e. The molecule has 2 aromatic rings. The fourth-order valence-electron chi connectivity index (χ4n) is 5.56. The van der Waals surface area contributed by atoms with Gasteiger partial charge in [-0.25, -0.2) is 0 Å². The quantitative estimate of drug-likeness (QED) is 0.157. The van der Waals surface area contributed by atoms with Crippen LogP contribution in [0.3, 0.4) is 0 Å². The van der Waals surface area contributed by atoms with E-state index < -0.39 is 69.7 Å². The van der Waals surface area contributed by atoms with Gasteiger partial charge in [0.05, 0.1) is 12.7 Å². The van der Waals surface area contributed by atoms with E-state index in [4.69, 9.17) is 18.6 Å². The molecule has 2 aromatic carbocycles. The molecule has 40 heavy (non-hydrogen) atoms. The van der Waals surface area contributed by atoms with Crippen molar-refractivity contribution in [1.82, 2.24) is 0 Å². The van der Waals surface area contributed by atoms with Crippen molar-refractivity contribution < 1.29 is 49.3 Å². The molecule has 4 rings (SSSR count). The Morgan fingerprint density at radius 2 is 1.38 bits per heavy atom. The highest BCUT2D eigenvalue weighted by molar-refractivity contribution is 9.09. The van der Waals surface area contributed by atoms with Gasteiger partial charge in [0.2, 0.25) is 5.79 Å². The van der Waals surface area contributed by atoms with E-state index in [-0.39, 0.29) is 17.0 Å². The fourth-order valence-corrected chi connectivity index (χ4v) is 10.7. The Morgan fingerprint density at radius 1 is 0.825 bits per heavy atom. The molecule has 10 nitrogen and oxygen atoms in total. The second-order valence-electron chi connectivity index (χ2n) is 11.3. The summed E-state index contributed by atoms with van der Waals surface area (Å²) in [5.41, 5.74) is 0. The Morgan fingerprint density at radius 3 is 1.85 bits per heavy atom. The Kier molecular flexibility index (Phi) is 9.93. The molecule has 222 valence electrons. The zero-order valence-electron chi connectivity index (χ0n) is 22.7. The first-order valence-corrected chi connectivity index (χ1v) is 16.3. The number of alkyl halides is 1. The SMILES string of the molecule is CC(C)(C)[Si](OC[C@H]1O[C@@](CO)(O[C@H]2O[C@H](CBr)[C@@H](O)[C@H](O)[C@H]2O)[C@@H](O)[C@@H]1O)(c1ccccc1)c1ccccc1. The lowest BCUT2D eigenvalue weighted by Gasteiger charge is -2.44. The van der Waals surface area contributed by atoms with Gasteiger partial charge in [0, 0.05) is 5.33 Å². The molecule has 12 heteroatoms. The third-order valence-electron chi connectivity index (χ3n) is 7.74. The molecular weight excluding hydrogens is 604 g/mol. The number of aliphatic hydroxyl groups is 6. The number of ether oxygens (including phenoxy) is 3. The van der Waals surface area contributed by atoms with E-state index in [0.29, 0.717) is 0 Å². The summed E-state index contributed by atoms with van der Waals surface area (Å²) >= 11 is 3.18. The molecule has 0 spiro atoms. The van der Waals surface area contributed by atoms with Crippen LogP contribution in [0.25, 0.3) is 0 Å². The largest absolute Gasteiger partial charge is 0.405 e. The predicted octanol–water partition coefficient (Wildman–Crippen LogP) is -0.409. The topological polar surface area (TPSA) is 158 Å². The Bertz CT molecular complexity index is 1050. The molecule has 2 aliphatic heterocycles. The molecule has 0 radical (unpaired) electrons. The first kappa shape index (κ1) is 31.7. The normalized spacial score (nSPS) is 35.1. The second kappa shape index (κ2) is 12.5. The Labute approximate surface area is 243 Å². The lowest BCUT2D eigenvalue weighted by atomic mass is 9.99. The van der Waals surface area contributed by atoms with E-state index >= 15 is 0 Å². The number of aliphatic hydroxyl groups excluding tert-OH is 6. The Balaban J connectivity index is 1.62. The monoisotopic (exact) mass is 642 g/mol. The summed E-state index contributed by atoms with van der Waals surface area (Å²) in [6, 6.07) is 19.8. The van der Waals surface area contributed by atoms with E-state index in [1.165, 1.54) is 0 Å².